The summed E-state index contributed by atoms with van der Waals surface area (Å²) >= 11 is 0. The fraction of sp³-hybridized carbons (Fsp3) is 0.514. The minimum Gasteiger partial charge on any atom is -0.444 e. The van der Waals surface area contributed by atoms with Crippen LogP contribution in [0.25, 0.3) is 0 Å². The summed E-state index contributed by atoms with van der Waals surface area (Å²) in [5, 5.41) is 2.48. The van der Waals surface area contributed by atoms with Crippen LogP contribution in [0.2, 0.25) is 0 Å². The second-order valence-corrected chi connectivity index (χ2v) is 12.9. The summed E-state index contributed by atoms with van der Waals surface area (Å²) in [7, 11) is 3.13. The minimum absolute atomic E-state index is 0. The Kier molecular flexibility index (Phi) is 19.5. The van der Waals surface area contributed by atoms with Gasteiger partial charge in [0.05, 0.1) is 0 Å². The summed E-state index contributed by atoms with van der Waals surface area (Å²) < 4.78 is 24.8. The zero-order valence-electron chi connectivity index (χ0n) is 30.8. The number of esters is 2. The predicted molar refractivity (Wildman–Crippen MR) is 192 cm³/mol. The Morgan fingerprint density at radius 1 is 0.680 bits per heavy atom. The van der Waals surface area contributed by atoms with E-state index in [-0.39, 0.29) is 24.2 Å². The molecule has 280 valence electrons. The van der Waals surface area contributed by atoms with Crippen LogP contribution in [0.5, 0.6) is 0 Å². The van der Waals surface area contributed by atoms with E-state index in [1.54, 1.807) is 73.0 Å². The van der Waals surface area contributed by atoms with Crippen molar-refractivity contribution in [3.63, 3.8) is 0 Å². The predicted octanol–water partition coefficient (Wildman–Crippen LogP) is 6.09. The van der Waals surface area contributed by atoms with Crippen molar-refractivity contribution in [3.8, 4) is 0 Å². The van der Waals surface area contributed by atoms with Crippen LogP contribution in [0.3, 0.4) is 0 Å². The summed E-state index contributed by atoms with van der Waals surface area (Å²) in [5.74, 6) is -1.59. The number of amides is 3. The molecule has 2 aromatic rings. The molecule has 0 fully saturated rings. The van der Waals surface area contributed by atoms with Gasteiger partial charge in [-0.15, -0.1) is 12.4 Å². The fourth-order valence-corrected chi connectivity index (χ4v) is 3.61. The second kappa shape index (κ2) is 21.5. The molecule has 50 heavy (non-hydrogen) atoms. The highest BCUT2D eigenvalue weighted by molar-refractivity contribution is 5.88. The van der Waals surface area contributed by atoms with Crippen LogP contribution in [0.1, 0.15) is 59.6 Å². The summed E-state index contributed by atoms with van der Waals surface area (Å²) in [6.45, 7) is 15.2. The Morgan fingerprint density at radius 2 is 1.06 bits per heavy atom. The lowest BCUT2D eigenvalue weighted by Gasteiger charge is -2.24. The summed E-state index contributed by atoms with van der Waals surface area (Å²) in [6.07, 6.45) is -2.00. The van der Waals surface area contributed by atoms with Crippen molar-refractivity contribution < 1.29 is 47.7 Å². The maximum absolute atomic E-state index is 12.2. The molecule has 0 radical (unpaired) electrons. The van der Waals surface area contributed by atoms with Gasteiger partial charge in [0.1, 0.15) is 17.7 Å². The van der Waals surface area contributed by atoms with Gasteiger partial charge in [-0.1, -0.05) is 63.1 Å². The van der Waals surface area contributed by atoms with Gasteiger partial charge in [-0.05, 0) is 70.7 Å². The first-order valence-electron chi connectivity index (χ1n) is 15.8. The number of rotatable bonds is 11. The van der Waals surface area contributed by atoms with Gasteiger partial charge in [0, 0.05) is 25.5 Å². The first-order chi connectivity index (χ1) is 22.7. The molecular formula is C35H53ClN4O10. The molecule has 3 N–H and O–H groups in total. The van der Waals surface area contributed by atoms with E-state index < -0.39 is 61.5 Å². The van der Waals surface area contributed by atoms with E-state index in [0.717, 1.165) is 11.1 Å². The number of hydrogen-bond acceptors (Lipinski definition) is 11. The lowest BCUT2D eigenvalue weighted by molar-refractivity contribution is -0.156. The molecule has 2 rings (SSSR count). The molecule has 0 aliphatic carbocycles. The summed E-state index contributed by atoms with van der Waals surface area (Å²) in [5.41, 5.74) is 8.43. The minimum atomic E-state index is -0.927. The highest BCUT2D eigenvalue weighted by atomic mass is 35.5. The number of hydrogen-bond donors (Lipinski definition) is 2. The molecule has 0 heterocycles. The van der Waals surface area contributed by atoms with Gasteiger partial charge < -0.3 is 34.7 Å². The van der Waals surface area contributed by atoms with Gasteiger partial charge in [-0.2, -0.15) is 0 Å². The molecule has 0 bridgehead atoms. The Bertz CT molecular complexity index is 1380. The van der Waals surface area contributed by atoms with Gasteiger partial charge in [0.15, 0.2) is 0 Å². The Morgan fingerprint density at radius 3 is 1.40 bits per heavy atom. The van der Waals surface area contributed by atoms with E-state index in [9.17, 15) is 24.0 Å². The molecule has 2 aromatic carbocycles. The normalized spacial score (nSPS) is 11.8. The number of carbonyl (C=O) groups excluding carboxylic acids is 5. The molecule has 0 aliphatic heterocycles. The average Bonchev–Trinajstić information content (AvgIpc) is 3.02. The molecule has 2 atom stereocenters. The van der Waals surface area contributed by atoms with Gasteiger partial charge in [0.25, 0.3) is 0 Å². The molecule has 0 aromatic heterocycles. The SMILES string of the molecule is Cc1ccc(N(C)C(=O)OCOC(=O)[C@@H](N)C(C)C)cc1.Cc1ccc(N(C)C(=O)OCOC(=O)[C@@H](NC(=O)OC(C)(C)C)C(C)C)cc1.Cl. The highest BCUT2D eigenvalue weighted by Crippen LogP contribution is 2.16. The number of ether oxygens (including phenoxy) is 5. The van der Waals surface area contributed by atoms with Crippen molar-refractivity contribution in [2.75, 3.05) is 37.5 Å². The quantitative estimate of drug-likeness (QED) is 0.156. The molecular weight excluding hydrogens is 672 g/mol. The average molecular weight is 725 g/mol. The van der Waals surface area contributed by atoms with Crippen molar-refractivity contribution in [2.45, 2.75) is 80.0 Å². The largest absolute Gasteiger partial charge is 0.444 e. The van der Waals surface area contributed by atoms with Crippen LogP contribution in [0.4, 0.5) is 25.8 Å². The Labute approximate surface area is 301 Å². The van der Waals surface area contributed by atoms with Crippen molar-refractivity contribution in [1.82, 2.24) is 5.32 Å². The van der Waals surface area contributed by atoms with Crippen LogP contribution in [0, 0.1) is 25.7 Å². The third kappa shape index (κ3) is 16.7. The van der Waals surface area contributed by atoms with Crippen molar-refractivity contribution in [1.29, 1.82) is 0 Å². The number of nitrogens with one attached hydrogen (secondary N) is 1. The topological polar surface area (TPSA) is 176 Å². The zero-order valence-corrected chi connectivity index (χ0v) is 31.6. The maximum atomic E-state index is 12.2. The van der Waals surface area contributed by atoms with Crippen LogP contribution in [-0.4, -0.2) is 75.6 Å². The second-order valence-electron chi connectivity index (χ2n) is 12.9. The van der Waals surface area contributed by atoms with E-state index in [4.69, 9.17) is 29.4 Å². The summed E-state index contributed by atoms with van der Waals surface area (Å²) in [6, 6.07) is 13.0. The number of halogens is 1. The smallest absolute Gasteiger partial charge is 0.416 e. The van der Waals surface area contributed by atoms with Crippen molar-refractivity contribution in [3.05, 3.63) is 59.7 Å². The number of alkyl carbamates (subject to hydrolysis) is 1. The van der Waals surface area contributed by atoms with E-state index >= 15 is 0 Å². The van der Waals surface area contributed by atoms with E-state index in [1.807, 2.05) is 52.0 Å². The monoisotopic (exact) mass is 724 g/mol. The number of nitrogens with two attached hydrogens (primary N) is 1. The van der Waals surface area contributed by atoms with E-state index in [2.05, 4.69) is 5.32 Å². The van der Waals surface area contributed by atoms with E-state index in [1.165, 1.54) is 9.80 Å². The number of anilines is 2. The molecule has 0 spiro atoms. The maximum Gasteiger partial charge on any atom is 0.416 e. The molecule has 3 amide bonds. The molecule has 0 saturated heterocycles. The van der Waals surface area contributed by atoms with Gasteiger partial charge in [0.2, 0.25) is 13.6 Å². The first kappa shape index (κ1) is 45.4. The van der Waals surface area contributed by atoms with Gasteiger partial charge >= 0.3 is 30.2 Å². The molecule has 0 unspecified atom stereocenters. The third-order valence-electron chi connectivity index (χ3n) is 6.74. The number of nitrogens with zero attached hydrogens (tertiary/aromatic N) is 2. The molecule has 0 aliphatic rings. The van der Waals surface area contributed by atoms with Crippen LogP contribution >= 0.6 is 12.4 Å². The highest BCUT2D eigenvalue weighted by Gasteiger charge is 2.28. The molecule has 14 nitrogen and oxygen atoms in total. The number of carbonyl (C=O) groups is 5. The lowest BCUT2D eigenvalue weighted by atomic mass is 10.1. The third-order valence-corrected chi connectivity index (χ3v) is 6.74. The Balaban J connectivity index is 0.000000978. The number of benzene rings is 2. The summed E-state index contributed by atoms with van der Waals surface area (Å²) in [4.78, 5) is 62.1. The standard InChI is InChI=1S/C20H30N2O6.C15H22N2O4.ClH/c1-13(2)16(21-18(24)28-20(4,5)6)17(23)26-12-27-19(25)22(7)15-10-8-14(3)9-11-15;1-10(2)13(16)14(18)20-9-21-15(19)17(4)12-7-5-11(3)6-8-12;/h8-11,13,16H,12H2,1-7H3,(H,21,24);5-8,10,13H,9,16H2,1-4H3;1H/t16-;13-;/m00./s1. The lowest BCUT2D eigenvalue weighted by Crippen LogP contribution is -2.47. The fourth-order valence-electron chi connectivity index (χ4n) is 3.61. The molecule has 15 heteroatoms. The van der Waals surface area contributed by atoms with Gasteiger partial charge in [-0.25, -0.2) is 19.2 Å². The van der Waals surface area contributed by atoms with Crippen LogP contribution in [-0.2, 0) is 33.3 Å². The van der Waals surface area contributed by atoms with E-state index in [0.29, 0.717) is 11.4 Å². The van der Waals surface area contributed by atoms with Gasteiger partial charge in [-0.3, -0.25) is 14.6 Å². The van der Waals surface area contributed by atoms with Crippen LogP contribution in [0.15, 0.2) is 48.5 Å². The first-order valence-corrected chi connectivity index (χ1v) is 15.8. The zero-order chi connectivity index (χ0) is 37.5. The van der Waals surface area contributed by atoms with Crippen molar-refractivity contribution in [2.24, 2.45) is 17.6 Å². The Hall–Kier alpha value is -4.56. The molecule has 0 saturated carbocycles. The van der Waals surface area contributed by atoms with Crippen LogP contribution < -0.4 is 20.9 Å². The number of aryl methyl sites for hydroxylation is 2. The van der Waals surface area contributed by atoms with Crippen molar-refractivity contribution >= 4 is 54.0 Å².